The third-order valence-corrected chi connectivity index (χ3v) is 3.64. The molecule has 1 fully saturated rings. The fraction of sp³-hybridized carbons (Fsp3) is 0.583. The van der Waals surface area contributed by atoms with Crippen LogP contribution in [0.3, 0.4) is 0 Å². The summed E-state index contributed by atoms with van der Waals surface area (Å²) in [6, 6.07) is 0. The molecule has 18 heavy (non-hydrogen) atoms. The molecule has 1 N–H and O–H groups in total. The van der Waals surface area contributed by atoms with Crippen molar-refractivity contribution in [1.82, 2.24) is 20.2 Å². The standard InChI is InChI=1S/C12H18N4OS/c1-10-7-14-12(15-8-10)18-9-11(17)16-5-2-3-13-4-6-16/h7-8,13H,2-6,9H2,1H3. The van der Waals surface area contributed by atoms with Gasteiger partial charge in [-0.3, -0.25) is 4.79 Å². The first-order chi connectivity index (χ1) is 8.75. The van der Waals surface area contributed by atoms with Gasteiger partial charge in [0.2, 0.25) is 5.91 Å². The summed E-state index contributed by atoms with van der Waals surface area (Å²) in [5.41, 5.74) is 1.03. The zero-order chi connectivity index (χ0) is 12.8. The van der Waals surface area contributed by atoms with Crippen LogP contribution in [0.2, 0.25) is 0 Å². The SMILES string of the molecule is Cc1cnc(SCC(=O)N2CCCNCC2)nc1. The van der Waals surface area contributed by atoms with Gasteiger partial charge in [0.15, 0.2) is 5.16 Å². The maximum atomic E-state index is 12.0. The third kappa shape index (κ3) is 3.96. The molecule has 0 spiro atoms. The number of hydrogen-bond donors (Lipinski definition) is 1. The molecule has 2 rings (SSSR count). The number of aromatic nitrogens is 2. The van der Waals surface area contributed by atoms with Gasteiger partial charge < -0.3 is 10.2 Å². The lowest BCUT2D eigenvalue weighted by Gasteiger charge is -2.19. The van der Waals surface area contributed by atoms with Gasteiger partial charge in [0.1, 0.15) is 0 Å². The fourth-order valence-electron chi connectivity index (χ4n) is 1.77. The van der Waals surface area contributed by atoms with E-state index in [-0.39, 0.29) is 5.91 Å². The molecule has 1 aromatic heterocycles. The molecule has 1 aromatic rings. The van der Waals surface area contributed by atoms with Gasteiger partial charge in [-0.05, 0) is 25.5 Å². The average Bonchev–Trinajstić information content (AvgIpc) is 2.66. The number of carbonyl (C=O) groups excluding carboxylic acids is 1. The van der Waals surface area contributed by atoms with Gasteiger partial charge in [0.25, 0.3) is 0 Å². The number of hydrogen-bond acceptors (Lipinski definition) is 5. The molecule has 0 radical (unpaired) electrons. The van der Waals surface area contributed by atoms with Crippen molar-refractivity contribution in [2.75, 3.05) is 31.9 Å². The summed E-state index contributed by atoms with van der Waals surface area (Å²) in [6.45, 7) is 5.48. The molecule has 2 heterocycles. The largest absolute Gasteiger partial charge is 0.341 e. The van der Waals surface area contributed by atoms with Crippen molar-refractivity contribution in [1.29, 1.82) is 0 Å². The molecule has 98 valence electrons. The Labute approximate surface area is 111 Å². The maximum Gasteiger partial charge on any atom is 0.233 e. The van der Waals surface area contributed by atoms with E-state index in [1.807, 2.05) is 11.8 Å². The van der Waals surface area contributed by atoms with Gasteiger partial charge in [-0.1, -0.05) is 11.8 Å². The van der Waals surface area contributed by atoms with Crippen LogP contribution < -0.4 is 5.32 Å². The number of carbonyl (C=O) groups is 1. The van der Waals surface area contributed by atoms with Crippen LogP contribution in [0.15, 0.2) is 17.6 Å². The second-order valence-corrected chi connectivity index (χ2v) is 5.26. The highest BCUT2D eigenvalue weighted by molar-refractivity contribution is 7.99. The van der Waals surface area contributed by atoms with Crippen LogP contribution >= 0.6 is 11.8 Å². The van der Waals surface area contributed by atoms with E-state index in [1.165, 1.54) is 11.8 Å². The molecule has 1 aliphatic heterocycles. The molecule has 6 heteroatoms. The van der Waals surface area contributed by atoms with E-state index in [0.717, 1.165) is 38.2 Å². The van der Waals surface area contributed by atoms with Crippen molar-refractivity contribution in [2.45, 2.75) is 18.5 Å². The molecule has 0 saturated carbocycles. The van der Waals surface area contributed by atoms with E-state index < -0.39 is 0 Å². The molecule has 0 bridgehead atoms. The summed E-state index contributed by atoms with van der Waals surface area (Å²) in [4.78, 5) is 22.3. The van der Waals surface area contributed by atoms with Crippen molar-refractivity contribution >= 4 is 17.7 Å². The predicted molar refractivity (Wildman–Crippen MR) is 71.6 cm³/mol. The Kier molecular flexibility index (Phi) is 4.95. The van der Waals surface area contributed by atoms with E-state index >= 15 is 0 Å². The van der Waals surface area contributed by atoms with Crippen molar-refractivity contribution in [3.8, 4) is 0 Å². The van der Waals surface area contributed by atoms with Crippen molar-refractivity contribution in [2.24, 2.45) is 0 Å². The second kappa shape index (κ2) is 6.70. The Balaban J connectivity index is 1.81. The first-order valence-corrected chi connectivity index (χ1v) is 7.14. The molecular weight excluding hydrogens is 248 g/mol. The third-order valence-electron chi connectivity index (χ3n) is 2.77. The van der Waals surface area contributed by atoms with Crippen LogP contribution in [0, 0.1) is 6.92 Å². The van der Waals surface area contributed by atoms with Crippen molar-refractivity contribution in [3.05, 3.63) is 18.0 Å². The Hall–Kier alpha value is -1.14. The number of nitrogens with one attached hydrogen (secondary N) is 1. The molecule has 1 aliphatic rings. The summed E-state index contributed by atoms with van der Waals surface area (Å²) in [6.07, 6.45) is 4.57. The van der Waals surface area contributed by atoms with Gasteiger partial charge in [0, 0.05) is 32.0 Å². The van der Waals surface area contributed by atoms with Crippen LogP contribution in [-0.2, 0) is 4.79 Å². The highest BCUT2D eigenvalue weighted by Gasteiger charge is 2.15. The molecule has 0 atom stereocenters. The monoisotopic (exact) mass is 266 g/mol. The van der Waals surface area contributed by atoms with E-state index in [4.69, 9.17) is 0 Å². The lowest BCUT2D eigenvalue weighted by molar-refractivity contribution is -0.128. The molecule has 1 saturated heterocycles. The maximum absolute atomic E-state index is 12.0. The van der Waals surface area contributed by atoms with Gasteiger partial charge in [-0.2, -0.15) is 0 Å². The highest BCUT2D eigenvalue weighted by atomic mass is 32.2. The zero-order valence-corrected chi connectivity index (χ0v) is 11.4. The Bertz CT molecular complexity index is 388. The fourth-order valence-corrected chi connectivity index (χ4v) is 2.46. The minimum absolute atomic E-state index is 0.174. The van der Waals surface area contributed by atoms with Gasteiger partial charge in [-0.15, -0.1) is 0 Å². The van der Waals surface area contributed by atoms with Crippen LogP contribution in [0.1, 0.15) is 12.0 Å². The summed E-state index contributed by atoms with van der Waals surface area (Å²) in [7, 11) is 0. The number of rotatable bonds is 3. The first-order valence-electron chi connectivity index (χ1n) is 6.15. The number of aryl methyl sites for hydroxylation is 1. The second-order valence-electron chi connectivity index (χ2n) is 4.32. The van der Waals surface area contributed by atoms with Crippen molar-refractivity contribution < 1.29 is 4.79 Å². The highest BCUT2D eigenvalue weighted by Crippen LogP contribution is 2.13. The number of nitrogens with zero attached hydrogens (tertiary/aromatic N) is 3. The summed E-state index contributed by atoms with van der Waals surface area (Å²) >= 11 is 1.40. The van der Waals surface area contributed by atoms with E-state index in [1.54, 1.807) is 12.4 Å². The lowest BCUT2D eigenvalue weighted by atomic mass is 10.4. The summed E-state index contributed by atoms with van der Waals surface area (Å²) in [5, 5.41) is 3.96. The molecule has 0 aromatic carbocycles. The average molecular weight is 266 g/mol. The van der Waals surface area contributed by atoms with Crippen LogP contribution in [-0.4, -0.2) is 52.7 Å². The van der Waals surface area contributed by atoms with Crippen molar-refractivity contribution in [3.63, 3.8) is 0 Å². The smallest absolute Gasteiger partial charge is 0.233 e. The Morgan fingerprint density at radius 3 is 2.94 bits per heavy atom. The van der Waals surface area contributed by atoms with Crippen LogP contribution in [0.4, 0.5) is 0 Å². The van der Waals surface area contributed by atoms with E-state index in [0.29, 0.717) is 10.9 Å². The predicted octanol–water partition coefficient (Wildman–Crippen LogP) is 0.699. The molecule has 5 nitrogen and oxygen atoms in total. The first kappa shape index (κ1) is 13.3. The number of amides is 1. The molecular formula is C12H18N4OS. The Morgan fingerprint density at radius 2 is 2.17 bits per heavy atom. The number of thioether (sulfide) groups is 1. The minimum Gasteiger partial charge on any atom is -0.341 e. The molecule has 1 amide bonds. The quantitative estimate of drug-likeness (QED) is 0.644. The summed E-state index contributed by atoms with van der Waals surface area (Å²) in [5.74, 6) is 0.594. The topological polar surface area (TPSA) is 58.1 Å². The van der Waals surface area contributed by atoms with Crippen LogP contribution in [0.25, 0.3) is 0 Å². The van der Waals surface area contributed by atoms with Crippen LogP contribution in [0.5, 0.6) is 0 Å². The van der Waals surface area contributed by atoms with Gasteiger partial charge in [0.05, 0.1) is 5.75 Å². The zero-order valence-electron chi connectivity index (χ0n) is 10.6. The van der Waals surface area contributed by atoms with E-state index in [9.17, 15) is 4.79 Å². The normalized spacial score (nSPS) is 16.4. The van der Waals surface area contributed by atoms with Gasteiger partial charge in [-0.25, -0.2) is 9.97 Å². The molecule has 0 aliphatic carbocycles. The minimum atomic E-state index is 0.174. The Morgan fingerprint density at radius 1 is 1.39 bits per heavy atom. The van der Waals surface area contributed by atoms with E-state index in [2.05, 4.69) is 15.3 Å². The lowest BCUT2D eigenvalue weighted by Crippen LogP contribution is -2.35. The molecule has 0 unspecified atom stereocenters. The summed E-state index contributed by atoms with van der Waals surface area (Å²) < 4.78 is 0. The van der Waals surface area contributed by atoms with Gasteiger partial charge >= 0.3 is 0 Å².